The summed E-state index contributed by atoms with van der Waals surface area (Å²) in [6.07, 6.45) is 2.60. The van der Waals surface area contributed by atoms with E-state index in [-0.39, 0.29) is 5.54 Å². The van der Waals surface area contributed by atoms with Crippen molar-refractivity contribution in [3.63, 3.8) is 0 Å². The quantitative estimate of drug-likeness (QED) is 0.606. The molecular weight excluding hydrogens is 136 g/mol. The van der Waals surface area contributed by atoms with Crippen molar-refractivity contribution in [1.82, 2.24) is 4.90 Å². The molecule has 0 aromatic rings. The first-order valence-electron chi connectivity index (χ1n) is 4.65. The summed E-state index contributed by atoms with van der Waals surface area (Å²) >= 11 is 0. The molecular formula is C9H18N2. The average Bonchev–Trinajstić information content (AvgIpc) is 2.58. The third-order valence-electron chi connectivity index (χ3n) is 3.27. The number of nitrogens with zero attached hydrogens (tertiary/aromatic N) is 1. The van der Waals surface area contributed by atoms with E-state index >= 15 is 0 Å². The summed E-state index contributed by atoms with van der Waals surface area (Å²) in [4.78, 5) is 2.50. The van der Waals surface area contributed by atoms with Gasteiger partial charge < -0.3 is 5.73 Å². The van der Waals surface area contributed by atoms with E-state index in [2.05, 4.69) is 18.7 Å². The fourth-order valence-electron chi connectivity index (χ4n) is 2.20. The highest BCUT2D eigenvalue weighted by Gasteiger charge is 2.53. The van der Waals surface area contributed by atoms with Crippen molar-refractivity contribution >= 4 is 0 Å². The Bertz CT molecular complexity index is 167. The molecule has 0 radical (unpaired) electrons. The Morgan fingerprint density at radius 2 is 2.27 bits per heavy atom. The van der Waals surface area contributed by atoms with Crippen LogP contribution >= 0.6 is 0 Å². The van der Waals surface area contributed by atoms with Gasteiger partial charge in [0, 0.05) is 18.1 Å². The van der Waals surface area contributed by atoms with Crippen molar-refractivity contribution < 1.29 is 0 Å². The molecule has 11 heavy (non-hydrogen) atoms. The molecule has 1 saturated heterocycles. The molecule has 2 rings (SSSR count). The van der Waals surface area contributed by atoms with E-state index in [4.69, 9.17) is 5.73 Å². The summed E-state index contributed by atoms with van der Waals surface area (Å²) in [5.74, 6) is 0.859. The van der Waals surface area contributed by atoms with E-state index in [0.717, 1.165) is 12.5 Å². The molecule has 0 spiro atoms. The lowest BCUT2D eigenvalue weighted by Crippen LogP contribution is -2.48. The average molecular weight is 154 g/mol. The van der Waals surface area contributed by atoms with Gasteiger partial charge in [0.2, 0.25) is 0 Å². The number of hydrogen-bond donors (Lipinski definition) is 1. The van der Waals surface area contributed by atoms with Gasteiger partial charge >= 0.3 is 0 Å². The van der Waals surface area contributed by atoms with Crippen LogP contribution in [0.4, 0.5) is 0 Å². The molecule has 0 aromatic heterocycles. The molecule has 1 aliphatic heterocycles. The minimum Gasteiger partial charge on any atom is -0.324 e. The Kier molecular flexibility index (Phi) is 1.52. The van der Waals surface area contributed by atoms with Crippen LogP contribution in [0.3, 0.4) is 0 Å². The third-order valence-corrected chi connectivity index (χ3v) is 3.27. The molecule has 0 bridgehead atoms. The van der Waals surface area contributed by atoms with Crippen LogP contribution in [0.5, 0.6) is 0 Å². The largest absolute Gasteiger partial charge is 0.324 e. The summed E-state index contributed by atoms with van der Waals surface area (Å²) < 4.78 is 0. The van der Waals surface area contributed by atoms with Crippen molar-refractivity contribution in [2.75, 3.05) is 13.1 Å². The lowest BCUT2D eigenvalue weighted by atomic mass is 10.1. The van der Waals surface area contributed by atoms with Crippen LogP contribution < -0.4 is 5.73 Å². The highest BCUT2D eigenvalue weighted by Crippen LogP contribution is 2.47. The van der Waals surface area contributed by atoms with Crippen LogP contribution in [0.15, 0.2) is 0 Å². The van der Waals surface area contributed by atoms with Gasteiger partial charge in [0.05, 0.1) is 0 Å². The molecule has 64 valence electrons. The Balaban J connectivity index is 1.97. The van der Waals surface area contributed by atoms with Crippen molar-refractivity contribution in [3.05, 3.63) is 0 Å². The van der Waals surface area contributed by atoms with Gasteiger partial charge in [-0.25, -0.2) is 0 Å². The van der Waals surface area contributed by atoms with Crippen LogP contribution in [-0.4, -0.2) is 29.6 Å². The summed E-state index contributed by atoms with van der Waals surface area (Å²) in [6.45, 7) is 6.91. The maximum atomic E-state index is 6.14. The van der Waals surface area contributed by atoms with Crippen molar-refractivity contribution in [3.8, 4) is 0 Å². The van der Waals surface area contributed by atoms with E-state index < -0.39 is 0 Å². The standard InChI is InChI=1S/C9H18N2/c1-7(2)11-4-3-8-5-9(8,10)6-11/h7-8H,3-6,10H2,1-2H3. The first-order chi connectivity index (χ1) is 5.12. The third kappa shape index (κ3) is 1.18. The Labute approximate surface area is 68.7 Å². The predicted octanol–water partition coefficient (Wildman–Crippen LogP) is 0.818. The number of piperidine rings is 1. The molecule has 2 atom stereocenters. The van der Waals surface area contributed by atoms with E-state index in [1.165, 1.54) is 19.4 Å². The maximum Gasteiger partial charge on any atom is 0.0316 e. The molecule has 2 heteroatoms. The number of hydrogen-bond acceptors (Lipinski definition) is 2. The SMILES string of the molecule is CC(C)N1CCC2CC2(N)C1. The predicted molar refractivity (Wildman–Crippen MR) is 46.4 cm³/mol. The molecule has 2 N–H and O–H groups in total. The number of rotatable bonds is 1. The number of fused-ring (bicyclic) bond motifs is 1. The second-order valence-corrected chi connectivity index (χ2v) is 4.49. The molecule has 1 aliphatic carbocycles. The summed E-state index contributed by atoms with van der Waals surface area (Å²) in [5.41, 5.74) is 6.36. The molecule has 2 unspecified atom stereocenters. The zero-order valence-corrected chi connectivity index (χ0v) is 7.51. The normalized spacial score (nSPS) is 44.2. The Hall–Kier alpha value is -0.0800. The monoisotopic (exact) mass is 154 g/mol. The van der Waals surface area contributed by atoms with Crippen LogP contribution in [0.2, 0.25) is 0 Å². The van der Waals surface area contributed by atoms with E-state index in [0.29, 0.717) is 6.04 Å². The zero-order valence-electron chi connectivity index (χ0n) is 7.51. The second-order valence-electron chi connectivity index (χ2n) is 4.49. The number of nitrogens with two attached hydrogens (primary N) is 1. The second kappa shape index (κ2) is 2.20. The minimum absolute atomic E-state index is 0.225. The molecule has 2 nitrogen and oxygen atoms in total. The van der Waals surface area contributed by atoms with Crippen LogP contribution in [0, 0.1) is 5.92 Å². The highest BCUT2D eigenvalue weighted by molar-refractivity contribution is 5.12. The molecule has 0 amide bonds. The van der Waals surface area contributed by atoms with Crippen molar-refractivity contribution in [2.24, 2.45) is 11.7 Å². The molecule has 1 heterocycles. The first kappa shape index (κ1) is 7.56. The lowest BCUT2D eigenvalue weighted by molar-refractivity contribution is 0.164. The lowest BCUT2D eigenvalue weighted by Gasteiger charge is -2.33. The topological polar surface area (TPSA) is 29.3 Å². The van der Waals surface area contributed by atoms with Gasteiger partial charge in [-0.1, -0.05) is 0 Å². The van der Waals surface area contributed by atoms with Gasteiger partial charge in [-0.15, -0.1) is 0 Å². The summed E-state index contributed by atoms with van der Waals surface area (Å²) in [7, 11) is 0. The van der Waals surface area contributed by atoms with Gasteiger partial charge in [0.25, 0.3) is 0 Å². The van der Waals surface area contributed by atoms with Crippen molar-refractivity contribution in [1.29, 1.82) is 0 Å². The minimum atomic E-state index is 0.225. The smallest absolute Gasteiger partial charge is 0.0316 e. The van der Waals surface area contributed by atoms with Gasteiger partial charge in [-0.2, -0.15) is 0 Å². The van der Waals surface area contributed by atoms with Gasteiger partial charge in [-0.05, 0) is 39.2 Å². The fourth-order valence-corrected chi connectivity index (χ4v) is 2.20. The van der Waals surface area contributed by atoms with Gasteiger partial charge in [0.15, 0.2) is 0 Å². The van der Waals surface area contributed by atoms with E-state index in [1.807, 2.05) is 0 Å². The molecule has 0 aromatic carbocycles. The zero-order chi connectivity index (χ0) is 8.06. The summed E-state index contributed by atoms with van der Waals surface area (Å²) in [5, 5.41) is 0. The summed E-state index contributed by atoms with van der Waals surface area (Å²) in [6, 6.07) is 0.678. The molecule has 1 saturated carbocycles. The van der Waals surface area contributed by atoms with E-state index in [1.54, 1.807) is 0 Å². The maximum absolute atomic E-state index is 6.14. The fraction of sp³-hybridized carbons (Fsp3) is 1.00. The number of likely N-dealkylation sites (tertiary alicyclic amines) is 1. The van der Waals surface area contributed by atoms with Crippen LogP contribution in [0.1, 0.15) is 26.7 Å². The molecule has 2 fully saturated rings. The van der Waals surface area contributed by atoms with Gasteiger partial charge in [-0.3, -0.25) is 4.90 Å². The van der Waals surface area contributed by atoms with Crippen molar-refractivity contribution in [2.45, 2.75) is 38.3 Å². The molecule has 2 aliphatic rings. The Morgan fingerprint density at radius 1 is 1.55 bits per heavy atom. The van der Waals surface area contributed by atoms with E-state index in [9.17, 15) is 0 Å². The van der Waals surface area contributed by atoms with Gasteiger partial charge in [0.1, 0.15) is 0 Å². The first-order valence-corrected chi connectivity index (χ1v) is 4.65. The van der Waals surface area contributed by atoms with Crippen LogP contribution in [0.25, 0.3) is 0 Å². The Morgan fingerprint density at radius 3 is 2.82 bits per heavy atom. The highest BCUT2D eigenvalue weighted by atomic mass is 15.2. The van der Waals surface area contributed by atoms with Crippen LogP contribution in [-0.2, 0) is 0 Å².